The largest absolute Gasteiger partial charge is 0.261 e. The van der Waals surface area contributed by atoms with E-state index in [9.17, 15) is 12.8 Å². The Morgan fingerprint density at radius 2 is 2.05 bits per heavy atom. The van der Waals surface area contributed by atoms with Crippen molar-refractivity contribution in [2.45, 2.75) is 0 Å². The Kier molecular flexibility index (Phi) is 4.97. The maximum atomic E-state index is 13.5. The third-order valence-corrected chi connectivity index (χ3v) is 4.13. The van der Waals surface area contributed by atoms with E-state index >= 15 is 0 Å². The molecule has 0 atom stereocenters. The van der Waals surface area contributed by atoms with Crippen molar-refractivity contribution in [2.75, 3.05) is 4.72 Å². The normalized spacial score (nSPS) is 11.8. The van der Waals surface area contributed by atoms with Gasteiger partial charge < -0.3 is 0 Å². The highest BCUT2D eigenvalue weighted by atomic mass is 79.9. The summed E-state index contributed by atoms with van der Waals surface area (Å²) in [7, 11) is -3.89. The van der Waals surface area contributed by atoms with Crippen LogP contribution < -0.4 is 4.72 Å². The Labute approximate surface area is 134 Å². The molecule has 2 aromatic rings. The summed E-state index contributed by atoms with van der Waals surface area (Å²) < 4.78 is 39.7. The van der Waals surface area contributed by atoms with Crippen molar-refractivity contribution in [3.63, 3.8) is 0 Å². The molecule has 0 bridgehead atoms. The minimum atomic E-state index is -3.89. The van der Waals surface area contributed by atoms with E-state index in [0.717, 1.165) is 11.5 Å². The number of nitrogens with one attached hydrogen (secondary N) is 1. The van der Waals surface area contributed by atoms with Crippen molar-refractivity contribution >= 4 is 49.4 Å². The number of hydrogen-bond acceptors (Lipinski definition) is 3. The lowest BCUT2D eigenvalue weighted by atomic mass is 10.2. The van der Waals surface area contributed by atoms with Gasteiger partial charge in [0.05, 0.1) is 5.41 Å². The van der Waals surface area contributed by atoms with Gasteiger partial charge in [0.15, 0.2) is 11.6 Å². The molecule has 8 heteroatoms. The number of hydrogen-bond donors (Lipinski definition) is 1. The van der Waals surface area contributed by atoms with Crippen LogP contribution in [0.5, 0.6) is 0 Å². The third-order valence-electron chi connectivity index (χ3n) is 2.38. The van der Waals surface area contributed by atoms with Crippen molar-refractivity contribution in [2.24, 2.45) is 0 Å². The lowest BCUT2D eigenvalue weighted by Crippen LogP contribution is -2.11. The van der Waals surface area contributed by atoms with E-state index in [-0.39, 0.29) is 5.82 Å². The number of halogens is 3. The Morgan fingerprint density at radius 3 is 2.71 bits per heavy atom. The van der Waals surface area contributed by atoms with Crippen molar-refractivity contribution in [3.05, 3.63) is 62.8 Å². The van der Waals surface area contributed by atoms with Gasteiger partial charge in [-0.25, -0.2) is 17.8 Å². The zero-order valence-corrected chi connectivity index (χ0v) is 13.6. The molecule has 1 heterocycles. The van der Waals surface area contributed by atoms with E-state index in [4.69, 9.17) is 11.6 Å². The molecule has 0 aliphatic rings. The van der Waals surface area contributed by atoms with Gasteiger partial charge in [-0.2, -0.15) is 0 Å². The van der Waals surface area contributed by atoms with Crippen LogP contribution >= 0.6 is 27.5 Å². The zero-order chi connectivity index (χ0) is 15.5. The molecule has 0 aliphatic heterocycles. The van der Waals surface area contributed by atoms with Crippen LogP contribution in [0.3, 0.4) is 0 Å². The molecular formula is C13H9BrClFN2O2S. The monoisotopic (exact) mass is 390 g/mol. The van der Waals surface area contributed by atoms with Crippen LogP contribution in [0.4, 0.5) is 10.2 Å². The summed E-state index contributed by atoms with van der Waals surface area (Å²) >= 11 is 8.95. The van der Waals surface area contributed by atoms with E-state index in [0.29, 0.717) is 15.1 Å². The molecule has 0 radical (unpaired) electrons. The molecule has 1 N–H and O–H groups in total. The van der Waals surface area contributed by atoms with E-state index in [1.54, 1.807) is 24.3 Å². The molecular weight excluding hydrogens is 383 g/mol. The number of nitrogens with zero attached hydrogens (tertiary/aromatic N) is 1. The summed E-state index contributed by atoms with van der Waals surface area (Å²) in [6.07, 6.45) is 2.61. The third kappa shape index (κ3) is 4.52. The molecule has 0 spiro atoms. The van der Waals surface area contributed by atoms with Crippen molar-refractivity contribution < 1.29 is 12.8 Å². The van der Waals surface area contributed by atoms with Gasteiger partial charge in [-0.15, -0.1) is 0 Å². The fourth-order valence-corrected chi connectivity index (χ4v) is 2.75. The lowest BCUT2D eigenvalue weighted by molar-refractivity contribution is 0.604. The SMILES string of the molecule is O=S(=O)(/C=C/c1ccccc1Cl)Nc1ncc(Br)cc1F. The standard InChI is InChI=1S/C13H9BrClFN2O2S/c14-10-7-12(16)13(17-8-10)18-21(19,20)6-5-9-3-1-2-4-11(9)15/h1-8H,(H,17,18)/b6-5+. The predicted molar refractivity (Wildman–Crippen MR) is 84.9 cm³/mol. The minimum Gasteiger partial charge on any atom is -0.261 e. The van der Waals surface area contributed by atoms with Crippen LogP contribution in [0, 0.1) is 5.82 Å². The fraction of sp³-hybridized carbons (Fsp3) is 0. The second-order valence-corrected chi connectivity index (χ2v) is 6.84. The molecule has 0 amide bonds. The predicted octanol–water partition coefficient (Wildman–Crippen LogP) is 4.05. The first-order valence-electron chi connectivity index (χ1n) is 5.64. The molecule has 0 aliphatic carbocycles. The summed E-state index contributed by atoms with van der Waals surface area (Å²) in [5.74, 6) is -1.15. The van der Waals surface area contributed by atoms with Gasteiger partial charge in [0.2, 0.25) is 0 Å². The quantitative estimate of drug-likeness (QED) is 0.855. The van der Waals surface area contributed by atoms with E-state index < -0.39 is 15.8 Å². The Bertz CT molecular complexity index is 797. The Balaban J connectivity index is 2.21. The maximum Gasteiger partial charge on any atom is 0.256 e. The van der Waals surface area contributed by atoms with Crippen LogP contribution in [0.25, 0.3) is 6.08 Å². The van der Waals surface area contributed by atoms with Gasteiger partial charge in [0.1, 0.15) is 0 Å². The van der Waals surface area contributed by atoms with Crippen molar-refractivity contribution in [1.82, 2.24) is 4.98 Å². The number of sulfonamides is 1. The molecule has 0 unspecified atom stereocenters. The second-order valence-electron chi connectivity index (χ2n) is 3.96. The minimum absolute atomic E-state index is 0.373. The summed E-state index contributed by atoms with van der Waals surface area (Å²) in [4.78, 5) is 3.66. The van der Waals surface area contributed by atoms with Gasteiger partial charge in [0.25, 0.3) is 10.0 Å². The molecule has 1 aromatic carbocycles. The lowest BCUT2D eigenvalue weighted by Gasteiger charge is -2.05. The van der Waals surface area contributed by atoms with Crippen molar-refractivity contribution in [3.8, 4) is 0 Å². The highest BCUT2D eigenvalue weighted by Gasteiger charge is 2.11. The number of aromatic nitrogens is 1. The second kappa shape index (κ2) is 6.55. The molecule has 110 valence electrons. The summed E-state index contributed by atoms with van der Waals surface area (Å²) in [5, 5.41) is 1.31. The summed E-state index contributed by atoms with van der Waals surface area (Å²) in [6.45, 7) is 0. The smallest absolute Gasteiger partial charge is 0.256 e. The Morgan fingerprint density at radius 1 is 1.33 bits per heavy atom. The number of pyridine rings is 1. The van der Waals surface area contributed by atoms with Crippen molar-refractivity contribution in [1.29, 1.82) is 0 Å². The first-order chi connectivity index (χ1) is 9.87. The van der Waals surface area contributed by atoms with Crippen LogP contribution in [0.1, 0.15) is 5.56 Å². The zero-order valence-electron chi connectivity index (χ0n) is 10.4. The molecule has 0 saturated heterocycles. The number of rotatable bonds is 4. The van der Waals surface area contributed by atoms with Crippen LogP contribution in [0.2, 0.25) is 5.02 Å². The van der Waals surface area contributed by atoms with Gasteiger partial charge in [-0.1, -0.05) is 29.8 Å². The first kappa shape index (κ1) is 15.9. The average Bonchev–Trinajstić information content (AvgIpc) is 2.41. The first-order valence-corrected chi connectivity index (χ1v) is 8.35. The summed E-state index contributed by atoms with van der Waals surface area (Å²) in [5.41, 5.74) is 0.536. The van der Waals surface area contributed by atoms with Gasteiger partial charge >= 0.3 is 0 Å². The topological polar surface area (TPSA) is 59.1 Å². The van der Waals surface area contributed by atoms with Gasteiger partial charge in [-0.05, 0) is 39.7 Å². The molecule has 21 heavy (non-hydrogen) atoms. The molecule has 1 aromatic heterocycles. The fourth-order valence-electron chi connectivity index (χ4n) is 1.43. The highest BCUT2D eigenvalue weighted by molar-refractivity contribution is 9.10. The average molecular weight is 392 g/mol. The molecule has 4 nitrogen and oxygen atoms in total. The van der Waals surface area contributed by atoms with E-state index in [1.807, 2.05) is 4.72 Å². The number of benzene rings is 1. The van der Waals surface area contributed by atoms with E-state index in [1.165, 1.54) is 12.3 Å². The summed E-state index contributed by atoms with van der Waals surface area (Å²) in [6, 6.07) is 7.86. The van der Waals surface area contributed by atoms with Crippen LogP contribution in [0.15, 0.2) is 46.4 Å². The molecule has 0 saturated carbocycles. The number of anilines is 1. The highest BCUT2D eigenvalue weighted by Crippen LogP contribution is 2.19. The van der Waals surface area contributed by atoms with Crippen LogP contribution in [-0.2, 0) is 10.0 Å². The Hall–Kier alpha value is -1.44. The molecule has 0 fully saturated rings. The van der Waals surface area contributed by atoms with Gasteiger partial charge in [-0.3, -0.25) is 4.72 Å². The maximum absolute atomic E-state index is 13.5. The van der Waals surface area contributed by atoms with Gasteiger partial charge in [0, 0.05) is 15.7 Å². The van der Waals surface area contributed by atoms with E-state index in [2.05, 4.69) is 20.9 Å². The van der Waals surface area contributed by atoms with Crippen LogP contribution in [-0.4, -0.2) is 13.4 Å². The molecule has 2 rings (SSSR count).